The smallest absolute Gasteiger partial charge is 0.0665 e. The molecule has 3 rings (SSSR count). The molecule has 0 bridgehead atoms. The molecule has 0 saturated carbocycles. The number of para-hydroxylation sites is 2. The molecule has 0 aliphatic heterocycles. The van der Waals surface area contributed by atoms with E-state index >= 15 is 0 Å². The van der Waals surface area contributed by atoms with E-state index in [2.05, 4.69) is 79.1 Å². The van der Waals surface area contributed by atoms with Gasteiger partial charge in [-0.2, -0.15) is 0 Å². The highest BCUT2D eigenvalue weighted by atomic mass is 14.8. The third kappa shape index (κ3) is 4.82. The highest BCUT2D eigenvalue weighted by molar-refractivity contribution is 5.85. The lowest BCUT2D eigenvalue weighted by molar-refractivity contribution is 0.867. The third-order valence-corrected chi connectivity index (χ3v) is 4.53. The monoisotopic (exact) mass is 357 g/mol. The van der Waals surface area contributed by atoms with Crippen LogP contribution in [0.4, 0.5) is 11.4 Å². The van der Waals surface area contributed by atoms with Gasteiger partial charge in [-0.15, -0.1) is 0 Å². The van der Waals surface area contributed by atoms with E-state index in [9.17, 15) is 0 Å². The van der Waals surface area contributed by atoms with Gasteiger partial charge in [-0.05, 0) is 47.2 Å². The molecule has 27 heavy (non-hydrogen) atoms. The van der Waals surface area contributed by atoms with Crippen LogP contribution in [0.5, 0.6) is 0 Å². The largest absolute Gasteiger partial charge is 0.353 e. The van der Waals surface area contributed by atoms with Gasteiger partial charge in [0.25, 0.3) is 0 Å². The van der Waals surface area contributed by atoms with E-state index in [1.54, 1.807) is 0 Å². The second-order valence-corrected chi connectivity index (χ2v) is 7.31. The molecule has 1 heterocycles. The van der Waals surface area contributed by atoms with Crippen LogP contribution in [0, 0.1) is 0 Å². The topological polar surface area (TPSA) is 40.5 Å². The van der Waals surface area contributed by atoms with Crippen molar-refractivity contribution in [2.24, 2.45) is 9.98 Å². The maximum absolute atomic E-state index is 4.67. The van der Waals surface area contributed by atoms with Gasteiger partial charge in [0.05, 0.1) is 35.2 Å². The summed E-state index contributed by atoms with van der Waals surface area (Å²) in [6, 6.07) is 20.6. The maximum atomic E-state index is 4.67. The predicted molar refractivity (Wildman–Crippen MR) is 116 cm³/mol. The Morgan fingerprint density at radius 3 is 1.44 bits per heavy atom. The minimum Gasteiger partial charge on any atom is -0.353 e. The van der Waals surface area contributed by atoms with Crippen LogP contribution in [0.3, 0.4) is 0 Å². The van der Waals surface area contributed by atoms with E-state index < -0.39 is 0 Å². The van der Waals surface area contributed by atoms with Crippen molar-refractivity contribution in [2.75, 3.05) is 0 Å². The number of nitrogens with one attached hydrogen (secondary N) is 1. The lowest BCUT2D eigenvalue weighted by Crippen LogP contribution is -1.89. The minimum atomic E-state index is 0.450. The lowest BCUT2D eigenvalue weighted by atomic mass is 10.0. The number of nitrogens with zero attached hydrogens (tertiary/aromatic N) is 2. The molecular formula is C24H27N3. The van der Waals surface area contributed by atoms with Gasteiger partial charge in [0, 0.05) is 0 Å². The van der Waals surface area contributed by atoms with Crippen LogP contribution < -0.4 is 0 Å². The Hall–Kier alpha value is -2.94. The van der Waals surface area contributed by atoms with E-state index in [4.69, 9.17) is 0 Å². The number of hydrogen-bond acceptors (Lipinski definition) is 2. The van der Waals surface area contributed by atoms with Gasteiger partial charge in [-0.3, -0.25) is 9.98 Å². The van der Waals surface area contributed by atoms with Crippen LogP contribution in [0.2, 0.25) is 0 Å². The normalized spacial score (nSPS) is 12.1. The molecule has 0 fully saturated rings. The summed E-state index contributed by atoms with van der Waals surface area (Å²) < 4.78 is 0. The predicted octanol–water partition coefficient (Wildman–Crippen LogP) is 6.76. The second-order valence-electron chi connectivity index (χ2n) is 7.31. The van der Waals surface area contributed by atoms with E-state index in [0.29, 0.717) is 11.8 Å². The fraction of sp³-hybridized carbons (Fsp3) is 0.250. The molecule has 1 N–H and O–H groups in total. The summed E-state index contributed by atoms with van der Waals surface area (Å²) in [6.45, 7) is 8.75. The summed E-state index contributed by atoms with van der Waals surface area (Å²) in [5, 5.41) is 0. The zero-order valence-corrected chi connectivity index (χ0v) is 16.5. The van der Waals surface area contributed by atoms with Crippen molar-refractivity contribution in [1.29, 1.82) is 0 Å². The number of hydrogen-bond donors (Lipinski definition) is 1. The van der Waals surface area contributed by atoms with Crippen LogP contribution in [0.1, 0.15) is 62.0 Å². The summed E-state index contributed by atoms with van der Waals surface area (Å²) in [7, 11) is 0. The third-order valence-electron chi connectivity index (χ3n) is 4.53. The molecule has 0 amide bonds. The summed E-state index contributed by atoms with van der Waals surface area (Å²) >= 11 is 0. The molecule has 0 saturated heterocycles. The fourth-order valence-corrected chi connectivity index (χ4v) is 3.04. The highest BCUT2D eigenvalue weighted by Crippen LogP contribution is 2.27. The average Bonchev–Trinajstić information content (AvgIpc) is 3.13. The molecular weight excluding hydrogens is 330 g/mol. The van der Waals surface area contributed by atoms with Crippen LogP contribution in [0.25, 0.3) is 0 Å². The van der Waals surface area contributed by atoms with Gasteiger partial charge in [0.15, 0.2) is 0 Å². The first-order chi connectivity index (χ1) is 13.0. The van der Waals surface area contributed by atoms with Crippen LogP contribution >= 0.6 is 0 Å². The van der Waals surface area contributed by atoms with Crippen molar-refractivity contribution in [2.45, 2.75) is 39.5 Å². The molecule has 0 atom stereocenters. The molecule has 0 spiro atoms. The van der Waals surface area contributed by atoms with Crippen molar-refractivity contribution < 1.29 is 0 Å². The Kier molecular flexibility index (Phi) is 6.02. The first kappa shape index (κ1) is 18.8. The van der Waals surface area contributed by atoms with Crippen molar-refractivity contribution >= 4 is 23.8 Å². The fourth-order valence-electron chi connectivity index (χ4n) is 3.04. The Labute approximate surface area is 161 Å². The molecule has 3 nitrogen and oxygen atoms in total. The molecule has 3 aromatic rings. The Balaban J connectivity index is 1.76. The van der Waals surface area contributed by atoms with Gasteiger partial charge in [0.2, 0.25) is 0 Å². The van der Waals surface area contributed by atoms with Crippen molar-refractivity contribution in [3.63, 3.8) is 0 Å². The molecule has 3 heteroatoms. The van der Waals surface area contributed by atoms with Crippen LogP contribution in [-0.2, 0) is 0 Å². The van der Waals surface area contributed by atoms with Gasteiger partial charge in [0.1, 0.15) is 0 Å². The summed E-state index contributed by atoms with van der Waals surface area (Å²) in [5.41, 5.74) is 6.48. The minimum absolute atomic E-state index is 0.450. The standard InChI is InChI=1S/C24H27N3/c1-17(2)21-9-5-7-11-23(21)25-15-19-13-14-20(27-19)16-26-24-12-8-6-10-22(24)18(3)4/h5-18,27H,1-4H3. The van der Waals surface area contributed by atoms with Crippen molar-refractivity contribution in [3.05, 3.63) is 83.2 Å². The van der Waals surface area contributed by atoms with Crippen LogP contribution in [0.15, 0.2) is 70.6 Å². The number of rotatable bonds is 6. The number of aliphatic imine (C=N–C) groups is 2. The van der Waals surface area contributed by atoms with Gasteiger partial charge < -0.3 is 4.98 Å². The van der Waals surface area contributed by atoms with Gasteiger partial charge >= 0.3 is 0 Å². The Morgan fingerprint density at radius 2 is 1.04 bits per heavy atom. The molecule has 138 valence electrons. The van der Waals surface area contributed by atoms with Gasteiger partial charge in [-0.1, -0.05) is 64.1 Å². The first-order valence-corrected chi connectivity index (χ1v) is 9.49. The molecule has 1 aromatic heterocycles. The summed E-state index contributed by atoms with van der Waals surface area (Å²) in [5.74, 6) is 0.899. The van der Waals surface area contributed by atoms with Crippen molar-refractivity contribution in [3.8, 4) is 0 Å². The van der Waals surface area contributed by atoms with E-state index in [-0.39, 0.29) is 0 Å². The number of aromatic nitrogens is 1. The van der Waals surface area contributed by atoms with E-state index in [0.717, 1.165) is 22.8 Å². The molecule has 0 aliphatic carbocycles. The zero-order chi connectivity index (χ0) is 19.2. The van der Waals surface area contributed by atoms with Gasteiger partial charge in [-0.25, -0.2) is 0 Å². The van der Waals surface area contributed by atoms with E-state index in [1.807, 2.05) is 36.7 Å². The first-order valence-electron chi connectivity index (χ1n) is 9.49. The summed E-state index contributed by atoms with van der Waals surface area (Å²) in [4.78, 5) is 12.7. The maximum Gasteiger partial charge on any atom is 0.0665 e. The quantitative estimate of drug-likeness (QED) is 0.473. The molecule has 2 aromatic carbocycles. The number of aromatic amines is 1. The lowest BCUT2D eigenvalue weighted by Gasteiger charge is -2.08. The number of benzene rings is 2. The SMILES string of the molecule is CC(C)c1ccccc1N=Cc1ccc(C=Nc2ccccc2C(C)C)[nH]1. The zero-order valence-electron chi connectivity index (χ0n) is 16.5. The Bertz CT molecular complexity index is 870. The molecule has 0 radical (unpaired) electrons. The highest BCUT2D eigenvalue weighted by Gasteiger charge is 2.05. The molecule has 0 unspecified atom stereocenters. The number of H-pyrrole nitrogens is 1. The van der Waals surface area contributed by atoms with E-state index in [1.165, 1.54) is 11.1 Å². The summed E-state index contributed by atoms with van der Waals surface area (Å²) in [6.07, 6.45) is 3.75. The molecule has 0 aliphatic rings. The second kappa shape index (κ2) is 8.63. The van der Waals surface area contributed by atoms with Crippen LogP contribution in [-0.4, -0.2) is 17.4 Å². The average molecular weight is 358 g/mol. The Morgan fingerprint density at radius 1 is 0.630 bits per heavy atom. The van der Waals surface area contributed by atoms with Crippen molar-refractivity contribution in [1.82, 2.24) is 4.98 Å².